The van der Waals surface area contributed by atoms with E-state index in [9.17, 15) is 4.39 Å². The van der Waals surface area contributed by atoms with E-state index >= 15 is 0 Å². The van der Waals surface area contributed by atoms with Crippen molar-refractivity contribution in [1.29, 1.82) is 0 Å². The largest absolute Gasteiger partial charge is 0.305 e. The second-order valence-electron chi connectivity index (χ2n) is 4.76. The van der Waals surface area contributed by atoms with E-state index in [4.69, 9.17) is 0 Å². The van der Waals surface area contributed by atoms with Gasteiger partial charge in [0, 0.05) is 5.56 Å². The highest BCUT2D eigenvalue weighted by molar-refractivity contribution is 5.37. The first kappa shape index (κ1) is 13.7. The molecule has 0 aliphatic carbocycles. The van der Waals surface area contributed by atoms with Crippen molar-refractivity contribution >= 4 is 0 Å². The highest BCUT2D eigenvalue weighted by atomic mass is 19.1. The van der Waals surface area contributed by atoms with E-state index in [0.717, 1.165) is 24.1 Å². The molecule has 1 heterocycles. The number of nitrogens with zero attached hydrogens (tertiary/aromatic N) is 2. The normalized spacial score (nSPS) is 12.6. The Morgan fingerprint density at radius 1 is 1.37 bits per heavy atom. The minimum atomic E-state index is -0.265. The van der Waals surface area contributed by atoms with Gasteiger partial charge in [0.15, 0.2) is 0 Å². The van der Waals surface area contributed by atoms with Crippen molar-refractivity contribution in [3.63, 3.8) is 0 Å². The molecular formula is C14H19FN4. The Morgan fingerprint density at radius 3 is 2.74 bits per heavy atom. The maximum absolute atomic E-state index is 14.3. The number of benzene rings is 1. The summed E-state index contributed by atoms with van der Waals surface area (Å²) < 4.78 is 14.3. The predicted molar refractivity (Wildman–Crippen MR) is 72.4 cm³/mol. The number of aromatic nitrogens is 3. The van der Waals surface area contributed by atoms with Crippen LogP contribution in [0.1, 0.15) is 41.8 Å². The van der Waals surface area contributed by atoms with Gasteiger partial charge in [-0.3, -0.25) is 0 Å². The molecule has 1 aromatic heterocycles. The lowest BCUT2D eigenvalue weighted by atomic mass is 9.96. The van der Waals surface area contributed by atoms with Crippen molar-refractivity contribution in [2.45, 2.75) is 33.2 Å². The summed E-state index contributed by atoms with van der Waals surface area (Å²) in [6.07, 6.45) is 2.60. The van der Waals surface area contributed by atoms with Gasteiger partial charge in [-0.25, -0.2) is 4.39 Å². The van der Waals surface area contributed by atoms with Crippen LogP contribution in [0, 0.1) is 19.7 Å². The van der Waals surface area contributed by atoms with Crippen LogP contribution in [0.3, 0.4) is 0 Å². The van der Waals surface area contributed by atoms with Crippen LogP contribution in [-0.2, 0) is 0 Å². The quantitative estimate of drug-likeness (QED) is 0.871. The highest BCUT2D eigenvalue weighted by Crippen LogP contribution is 2.27. The number of hydrogen-bond donors (Lipinski definition) is 2. The Bertz CT molecular complexity index is 513. The first-order valence-electron chi connectivity index (χ1n) is 6.49. The van der Waals surface area contributed by atoms with E-state index < -0.39 is 0 Å². The Balaban J connectivity index is 2.44. The van der Waals surface area contributed by atoms with Crippen molar-refractivity contribution in [3.8, 4) is 0 Å². The van der Waals surface area contributed by atoms with Crippen LogP contribution in [0.15, 0.2) is 18.3 Å². The number of rotatable bonds is 5. The zero-order valence-corrected chi connectivity index (χ0v) is 11.5. The topological polar surface area (TPSA) is 53.6 Å². The van der Waals surface area contributed by atoms with E-state index in [1.807, 2.05) is 19.9 Å². The number of halogens is 1. The van der Waals surface area contributed by atoms with Gasteiger partial charge in [0.25, 0.3) is 0 Å². The molecule has 1 atom stereocenters. The Morgan fingerprint density at radius 2 is 2.16 bits per heavy atom. The fraction of sp³-hybridized carbons (Fsp3) is 0.429. The summed E-state index contributed by atoms with van der Waals surface area (Å²) in [5.41, 5.74) is 3.20. The fourth-order valence-corrected chi connectivity index (χ4v) is 2.29. The van der Waals surface area contributed by atoms with Crippen molar-refractivity contribution in [2.75, 3.05) is 6.54 Å². The van der Waals surface area contributed by atoms with Crippen LogP contribution in [-0.4, -0.2) is 22.0 Å². The number of nitrogens with one attached hydrogen (secondary N) is 2. The standard InChI is InChI=1S/C14H19FN4/c1-4-5-16-14(12-8-17-19-18-12)13-10(3)6-9(2)7-11(13)15/h6-8,14,16H,4-5H2,1-3H3,(H,17,18,19). The van der Waals surface area contributed by atoms with E-state index in [1.165, 1.54) is 0 Å². The second-order valence-corrected chi connectivity index (χ2v) is 4.76. The minimum absolute atomic E-state index is 0.200. The molecule has 0 saturated heterocycles. The summed E-state index contributed by atoms with van der Waals surface area (Å²) in [6.45, 7) is 6.69. The first-order chi connectivity index (χ1) is 9.13. The molecule has 2 N–H and O–H groups in total. The highest BCUT2D eigenvalue weighted by Gasteiger charge is 2.21. The summed E-state index contributed by atoms with van der Waals surface area (Å²) in [4.78, 5) is 0. The summed E-state index contributed by atoms with van der Waals surface area (Å²) in [7, 11) is 0. The van der Waals surface area contributed by atoms with Gasteiger partial charge in [-0.15, -0.1) is 0 Å². The van der Waals surface area contributed by atoms with Gasteiger partial charge in [-0.2, -0.15) is 15.4 Å². The molecule has 0 saturated carbocycles. The zero-order valence-electron chi connectivity index (χ0n) is 11.5. The third kappa shape index (κ3) is 2.98. The molecule has 19 heavy (non-hydrogen) atoms. The molecule has 0 fully saturated rings. The van der Waals surface area contributed by atoms with Crippen molar-refractivity contribution in [1.82, 2.24) is 20.7 Å². The van der Waals surface area contributed by atoms with Crippen LogP contribution < -0.4 is 5.32 Å². The molecule has 1 aromatic carbocycles. The molecular weight excluding hydrogens is 243 g/mol. The molecule has 2 rings (SSSR count). The van der Waals surface area contributed by atoms with Gasteiger partial charge in [0.1, 0.15) is 11.5 Å². The molecule has 2 aromatic rings. The van der Waals surface area contributed by atoms with Crippen LogP contribution in [0.25, 0.3) is 0 Å². The maximum Gasteiger partial charge on any atom is 0.128 e. The summed E-state index contributed by atoms with van der Waals surface area (Å²) >= 11 is 0. The Kier molecular flexibility index (Phi) is 4.27. The first-order valence-corrected chi connectivity index (χ1v) is 6.49. The molecule has 0 amide bonds. The fourth-order valence-electron chi connectivity index (χ4n) is 2.29. The molecule has 4 nitrogen and oxygen atoms in total. The summed E-state index contributed by atoms with van der Waals surface area (Å²) in [5, 5.41) is 13.8. The SMILES string of the molecule is CCCNC(c1cn[nH]n1)c1c(C)cc(C)cc1F. The molecule has 5 heteroatoms. The third-order valence-electron chi connectivity index (χ3n) is 3.10. The summed E-state index contributed by atoms with van der Waals surface area (Å²) in [5.74, 6) is -0.200. The predicted octanol–water partition coefficient (Wildman–Crippen LogP) is 2.65. The van der Waals surface area contributed by atoms with Crippen molar-refractivity contribution in [3.05, 3.63) is 46.5 Å². The number of aryl methyl sites for hydroxylation is 2. The van der Waals surface area contributed by atoms with Gasteiger partial charge >= 0.3 is 0 Å². The summed E-state index contributed by atoms with van der Waals surface area (Å²) in [6, 6.07) is 3.28. The van der Waals surface area contributed by atoms with E-state index in [2.05, 4.69) is 27.7 Å². The lowest BCUT2D eigenvalue weighted by molar-refractivity contribution is 0.535. The van der Waals surface area contributed by atoms with Crippen LogP contribution in [0.5, 0.6) is 0 Å². The molecule has 0 aliphatic rings. The van der Waals surface area contributed by atoms with Crippen LogP contribution in [0.2, 0.25) is 0 Å². The van der Waals surface area contributed by atoms with Crippen molar-refractivity contribution < 1.29 is 4.39 Å². The monoisotopic (exact) mass is 262 g/mol. The van der Waals surface area contributed by atoms with Crippen LogP contribution in [0.4, 0.5) is 4.39 Å². The molecule has 0 aliphatic heterocycles. The second kappa shape index (κ2) is 5.93. The van der Waals surface area contributed by atoms with Crippen LogP contribution >= 0.6 is 0 Å². The average Bonchev–Trinajstić information content (AvgIpc) is 2.85. The van der Waals surface area contributed by atoms with Gasteiger partial charge < -0.3 is 5.32 Å². The Labute approximate surface area is 112 Å². The average molecular weight is 262 g/mol. The van der Waals surface area contributed by atoms with Gasteiger partial charge in [0.05, 0.1) is 12.2 Å². The molecule has 0 radical (unpaired) electrons. The third-order valence-corrected chi connectivity index (χ3v) is 3.10. The number of aromatic amines is 1. The lowest BCUT2D eigenvalue weighted by Crippen LogP contribution is -2.25. The Hall–Kier alpha value is -1.75. The van der Waals surface area contributed by atoms with E-state index in [-0.39, 0.29) is 11.9 Å². The smallest absolute Gasteiger partial charge is 0.128 e. The van der Waals surface area contributed by atoms with Gasteiger partial charge in [0.2, 0.25) is 0 Å². The molecule has 0 spiro atoms. The molecule has 102 valence electrons. The van der Waals surface area contributed by atoms with Gasteiger partial charge in [-0.1, -0.05) is 13.0 Å². The number of hydrogen-bond acceptors (Lipinski definition) is 3. The van der Waals surface area contributed by atoms with Gasteiger partial charge in [-0.05, 0) is 44.0 Å². The molecule has 0 bridgehead atoms. The zero-order chi connectivity index (χ0) is 13.8. The lowest BCUT2D eigenvalue weighted by Gasteiger charge is -2.20. The minimum Gasteiger partial charge on any atom is -0.305 e. The maximum atomic E-state index is 14.3. The molecule has 1 unspecified atom stereocenters. The van der Waals surface area contributed by atoms with Crippen molar-refractivity contribution in [2.24, 2.45) is 0 Å². The van der Waals surface area contributed by atoms with E-state index in [1.54, 1.807) is 12.3 Å². The van der Waals surface area contributed by atoms with E-state index in [0.29, 0.717) is 11.3 Å². The number of H-pyrrole nitrogens is 1.